The summed E-state index contributed by atoms with van der Waals surface area (Å²) in [6.45, 7) is 2.08. The van der Waals surface area contributed by atoms with Crippen molar-refractivity contribution in [2.24, 2.45) is 0 Å². The largest absolute Gasteiger partial charge is 0.377 e. The molecule has 3 rings (SSSR count). The second-order valence-electron chi connectivity index (χ2n) is 4.95. The fourth-order valence-corrected chi connectivity index (χ4v) is 4.32. The van der Waals surface area contributed by atoms with E-state index >= 15 is 0 Å². The van der Waals surface area contributed by atoms with Crippen LogP contribution in [0.4, 0.5) is 5.69 Å². The van der Waals surface area contributed by atoms with Crippen LogP contribution in [-0.4, -0.2) is 0 Å². The van der Waals surface area contributed by atoms with Gasteiger partial charge in [-0.15, -0.1) is 11.3 Å². The van der Waals surface area contributed by atoms with Crippen LogP contribution in [0.5, 0.6) is 0 Å². The van der Waals surface area contributed by atoms with Crippen molar-refractivity contribution in [3.63, 3.8) is 0 Å². The van der Waals surface area contributed by atoms with Crippen LogP contribution in [0.2, 0.25) is 9.36 Å². The average molecular weight is 312 g/mol. The average Bonchev–Trinajstić information content (AvgIpc) is 2.75. The van der Waals surface area contributed by atoms with Crippen molar-refractivity contribution in [3.8, 4) is 0 Å². The first kappa shape index (κ1) is 13.3. The molecule has 0 radical (unpaired) electrons. The van der Waals surface area contributed by atoms with E-state index < -0.39 is 0 Å². The first-order valence-corrected chi connectivity index (χ1v) is 8.02. The van der Waals surface area contributed by atoms with Gasteiger partial charge in [-0.05, 0) is 49.4 Å². The predicted octanol–water partition coefficient (Wildman–Crippen LogP) is 5.85. The summed E-state index contributed by atoms with van der Waals surface area (Å²) in [6.07, 6.45) is 3.47. The Morgan fingerprint density at radius 1 is 1.32 bits per heavy atom. The molecule has 100 valence electrons. The molecule has 0 saturated carbocycles. The number of para-hydroxylation sites is 1. The molecule has 4 heteroatoms. The van der Waals surface area contributed by atoms with E-state index in [-0.39, 0.29) is 0 Å². The van der Waals surface area contributed by atoms with E-state index in [4.69, 9.17) is 23.2 Å². The maximum absolute atomic E-state index is 6.30. The lowest BCUT2D eigenvalue weighted by molar-refractivity contribution is 0.608. The van der Waals surface area contributed by atoms with Crippen LogP contribution in [-0.2, 0) is 6.42 Å². The van der Waals surface area contributed by atoms with Gasteiger partial charge in [-0.2, -0.15) is 0 Å². The summed E-state index contributed by atoms with van der Waals surface area (Å²) in [5.41, 5.74) is 3.57. The molecule has 0 amide bonds. The van der Waals surface area contributed by atoms with E-state index in [0.29, 0.717) is 6.04 Å². The molecule has 0 aliphatic heterocycles. The SMILES string of the molecule is Cc1cccc(Cl)c1NC1CCCc2sc(Cl)cc21. The van der Waals surface area contributed by atoms with Gasteiger partial charge in [-0.1, -0.05) is 35.3 Å². The normalized spacial score (nSPS) is 18.2. The molecular weight excluding hydrogens is 297 g/mol. The molecule has 0 saturated heterocycles. The summed E-state index contributed by atoms with van der Waals surface area (Å²) >= 11 is 14.1. The second-order valence-corrected chi connectivity index (χ2v) is 7.13. The monoisotopic (exact) mass is 311 g/mol. The van der Waals surface area contributed by atoms with Gasteiger partial charge in [-0.25, -0.2) is 0 Å². The Balaban J connectivity index is 1.92. The van der Waals surface area contributed by atoms with Crippen molar-refractivity contribution < 1.29 is 0 Å². The van der Waals surface area contributed by atoms with Gasteiger partial charge < -0.3 is 5.32 Å². The molecule has 1 aliphatic carbocycles. The highest BCUT2D eigenvalue weighted by atomic mass is 35.5. The number of rotatable bonds is 2. The summed E-state index contributed by atoms with van der Waals surface area (Å²) in [7, 11) is 0. The topological polar surface area (TPSA) is 12.0 Å². The van der Waals surface area contributed by atoms with Crippen LogP contribution in [0, 0.1) is 6.92 Å². The van der Waals surface area contributed by atoms with Gasteiger partial charge in [0.15, 0.2) is 0 Å². The quantitative estimate of drug-likeness (QED) is 0.733. The Hall–Kier alpha value is -0.700. The molecule has 1 aromatic carbocycles. The van der Waals surface area contributed by atoms with E-state index in [0.717, 1.165) is 27.9 Å². The van der Waals surface area contributed by atoms with Crippen molar-refractivity contribution in [2.45, 2.75) is 32.2 Å². The Kier molecular flexibility index (Phi) is 3.75. The Bertz CT molecular complexity index is 586. The van der Waals surface area contributed by atoms with E-state index in [1.54, 1.807) is 11.3 Å². The number of benzene rings is 1. The number of hydrogen-bond acceptors (Lipinski definition) is 2. The Labute approximate surface area is 127 Å². The minimum absolute atomic E-state index is 0.325. The van der Waals surface area contributed by atoms with Crippen molar-refractivity contribution >= 4 is 40.2 Å². The van der Waals surface area contributed by atoms with E-state index in [1.165, 1.54) is 22.4 Å². The van der Waals surface area contributed by atoms with Crippen LogP contribution in [0.15, 0.2) is 24.3 Å². The minimum Gasteiger partial charge on any atom is -0.377 e. The van der Waals surface area contributed by atoms with Crippen molar-refractivity contribution in [3.05, 3.63) is 49.6 Å². The number of fused-ring (bicyclic) bond motifs is 1. The Morgan fingerprint density at radius 2 is 2.16 bits per heavy atom. The van der Waals surface area contributed by atoms with Crippen LogP contribution in [0.25, 0.3) is 0 Å². The first-order chi connectivity index (χ1) is 9.15. The molecule has 19 heavy (non-hydrogen) atoms. The van der Waals surface area contributed by atoms with Crippen molar-refractivity contribution in [2.75, 3.05) is 5.32 Å². The zero-order chi connectivity index (χ0) is 13.4. The summed E-state index contributed by atoms with van der Waals surface area (Å²) < 4.78 is 0.884. The first-order valence-electron chi connectivity index (χ1n) is 6.45. The van der Waals surface area contributed by atoms with Gasteiger partial charge in [0.05, 0.1) is 21.1 Å². The minimum atomic E-state index is 0.325. The van der Waals surface area contributed by atoms with Gasteiger partial charge in [-0.3, -0.25) is 0 Å². The van der Waals surface area contributed by atoms with Gasteiger partial charge in [0.2, 0.25) is 0 Å². The molecule has 0 fully saturated rings. The summed E-state index contributed by atoms with van der Waals surface area (Å²) in [6, 6.07) is 8.42. The fourth-order valence-electron chi connectivity index (χ4n) is 2.66. The lowest BCUT2D eigenvalue weighted by Crippen LogP contribution is -2.16. The van der Waals surface area contributed by atoms with Crippen molar-refractivity contribution in [1.82, 2.24) is 0 Å². The van der Waals surface area contributed by atoms with Crippen LogP contribution < -0.4 is 5.32 Å². The standard InChI is InChI=1S/C15H15Cl2NS/c1-9-4-2-5-11(16)15(9)18-12-6-3-7-13-10(12)8-14(17)19-13/h2,4-5,8,12,18H,3,6-7H2,1H3. The molecule has 1 aliphatic rings. The molecule has 1 nitrogen and oxygen atoms in total. The molecule has 1 unspecified atom stereocenters. The molecule has 0 spiro atoms. The van der Waals surface area contributed by atoms with Crippen LogP contribution >= 0.6 is 34.5 Å². The van der Waals surface area contributed by atoms with Gasteiger partial charge >= 0.3 is 0 Å². The highest BCUT2D eigenvalue weighted by Gasteiger charge is 2.23. The van der Waals surface area contributed by atoms with Gasteiger partial charge in [0, 0.05) is 4.88 Å². The number of hydrogen-bond donors (Lipinski definition) is 1. The lowest BCUT2D eigenvalue weighted by atomic mass is 9.93. The van der Waals surface area contributed by atoms with Crippen LogP contribution in [0.1, 0.15) is 34.9 Å². The molecule has 2 aromatic rings. The van der Waals surface area contributed by atoms with E-state index in [1.807, 2.05) is 12.1 Å². The highest BCUT2D eigenvalue weighted by Crippen LogP contribution is 2.40. The molecule has 0 bridgehead atoms. The zero-order valence-corrected chi connectivity index (χ0v) is 13.0. The lowest BCUT2D eigenvalue weighted by Gasteiger charge is -2.26. The predicted molar refractivity (Wildman–Crippen MR) is 84.8 cm³/mol. The smallest absolute Gasteiger partial charge is 0.0934 e. The molecule has 1 heterocycles. The maximum Gasteiger partial charge on any atom is 0.0934 e. The number of halogens is 2. The summed E-state index contributed by atoms with van der Waals surface area (Å²) in [5, 5.41) is 4.39. The second kappa shape index (κ2) is 5.35. The van der Waals surface area contributed by atoms with Crippen LogP contribution in [0.3, 0.4) is 0 Å². The molecule has 1 N–H and O–H groups in total. The van der Waals surface area contributed by atoms with Gasteiger partial charge in [0.25, 0.3) is 0 Å². The zero-order valence-electron chi connectivity index (χ0n) is 10.7. The molecule has 1 aromatic heterocycles. The van der Waals surface area contributed by atoms with E-state index in [9.17, 15) is 0 Å². The fraction of sp³-hybridized carbons (Fsp3) is 0.333. The Morgan fingerprint density at radius 3 is 2.95 bits per heavy atom. The van der Waals surface area contributed by atoms with Crippen molar-refractivity contribution in [1.29, 1.82) is 0 Å². The number of nitrogens with one attached hydrogen (secondary N) is 1. The van der Waals surface area contributed by atoms with E-state index in [2.05, 4.69) is 24.4 Å². The third-order valence-electron chi connectivity index (χ3n) is 3.62. The summed E-state index contributed by atoms with van der Waals surface area (Å²) in [4.78, 5) is 1.42. The third-order valence-corrected chi connectivity index (χ3v) is 5.28. The highest BCUT2D eigenvalue weighted by molar-refractivity contribution is 7.16. The maximum atomic E-state index is 6.30. The molecule has 1 atom stereocenters. The third kappa shape index (κ3) is 2.62. The number of anilines is 1. The number of aryl methyl sites for hydroxylation is 2. The number of thiophene rings is 1. The molecular formula is C15H15Cl2NS. The summed E-state index contributed by atoms with van der Waals surface area (Å²) in [5.74, 6) is 0. The van der Waals surface area contributed by atoms with Gasteiger partial charge in [0.1, 0.15) is 0 Å².